The van der Waals surface area contributed by atoms with Gasteiger partial charge in [0.25, 0.3) is 0 Å². The third-order valence-electron chi connectivity index (χ3n) is 5.56. The van der Waals surface area contributed by atoms with Gasteiger partial charge in [0.1, 0.15) is 5.56 Å². The summed E-state index contributed by atoms with van der Waals surface area (Å²) >= 11 is 6.65. The third-order valence-corrected chi connectivity index (χ3v) is 5.92. The summed E-state index contributed by atoms with van der Waals surface area (Å²) in [7, 11) is 0. The molecule has 0 radical (unpaired) electrons. The number of anilines is 2. The number of pyridine rings is 1. The molecule has 1 aromatic carbocycles. The molecule has 4 rings (SSSR count). The number of carbonyl (C=O) groups is 1. The Morgan fingerprint density at radius 2 is 2.00 bits per heavy atom. The normalized spacial score (nSPS) is 20.4. The number of carboxylic acid groups (broad SMARTS) is 1. The number of benzene rings is 1. The lowest BCUT2D eigenvalue weighted by Gasteiger charge is -2.28. The Bertz CT molecular complexity index is 1030. The number of halogens is 2. The first-order valence-electron chi connectivity index (χ1n) is 9.40. The average Bonchev–Trinajstić information content (AvgIpc) is 3.48. The maximum atomic E-state index is 15.3. The molecule has 7 nitrogen and oxygen atoms in total. The van der Waals surface area contributed by atoms with E-state index in [1.807, 2.05) is 0 Å². The van der Waals surface area contributed by atoms with E-state index in [1.165, 1.54) is 6.20 Å². The number of nitrogens with two attached hydrogens (primary N) is 2. The molecular weight excluding hydrogens is 387 g/mol. The molecule has 9 heteroatoms. The molecule has 0 bridgehead atoms. The van der Waals surface area contributed by atoms with Crippen molar-refractivity contribution in [3.8, 4) is 0 Å². The number of rotatable bonds is 3. The largest absolute Gasteiger partial charge is 0.477 e. The van der Waals surface area contributed by atoms with Gasteiger partial charge >= 0.3 is 5.97 Å². The number of hydrogen-bond acceptors (Lipinski definition) is 5. The lowest BCUT2D eigenvalue weighted by molar-refractivity contribution is 0.0695. The Kier molecular flexibility index (Phi) is 4.71. The van der Waals surface area contributed by atoms with Crippen LogP contribution in [-0.2, 0) is 0 Å². The molecule has 2 fully saturated rings. The summed E-state index contributed by atoms with van der Waals surface area (Å²) in [4.78, 5) is 26.1. The van der Waals surface area contributed by atoms with E-state index in [-0.39, 0.29) is 33.9 Å². The average molecular weight is 409 g/mol. The van der Waals surface area contributed by atoms with Gasteiger partial charge in [-0.1, -0.05) is 18.0 Å². The van der Waals surface area contributed by atoms with Crippen LogP contribution < -0.4 is 21.8 Å². The van der Waals surface area contributed by atoms with Crippen molar-refractivity contribution in [2.75, 3.05) is 23.7 Å². The van der Waals surface area contributed by atoms with Gasteiger partial charge in [0.2, 0.25) is 5.43 Å². The number of aromatic nitrogens is 1. The zero-order valence-corrected chi connectivity index (χ0v) is 16.0. The van der Waals surface area contributed by atoms with Gasteiger partial charge in [-0.2, -0.15) is 0 Å². The molecule has 2 heterocycles. The molecule has 0 spiro atoms. The zero-order valence-electron chi connectivity index (χ0n) is 15.3. The fourth-order valence-electron chi connectivity index (χ4n) is 4.00. The van der Waals surface area contributed by atoms with E-state index in [0.717, 1.165) is 32.1 Å². The predicted octanol–water partition coefficient (Wildman–Crippen LogP) is 2.73. The molecular formula is C19H22ClFN4O3. The van der Waals surface area contributed by atoms with Crippen LogP contribution in [0.5, 0.6) is 0 Å². The van der Waals surface area contributed by atoms with Crippen molar-refractivity contribution in [1.82, 2.24) is 4.57 Å². The number of fused-ring (bicyclic) bond motifs is 1. The lowest BCUT2D eigenvalue weighted by Crippen LogP contribution is -2.36. The van der Waals surface area contributed by atoms with Crippen molar-refractivity contribution < 1.29 is 14.3 Å². The molecule has 5 N–H and O–H groups in total. The minimum absolute atomic E-state index is 0.0165. The first kappa shape index (κ1) is 19.0. The summed E-state index contributed by atoms with van der Waals surface area (Å²) in [6.45, 7) is 1.01. The van der Waals surface area contributed by atoms with Crippen molar-refractivity contribution >= 4 is 39.8 Å². The maximum Gasteiger partial charge on any atom is 0.341 e. The van der Waals surface area contributed by atoms with E-state index >= 15 is 4.39 Å². The van der Waals surface area contributed by atoms with Crippen molar-refractivity contribution in [3.05, 3.63) is 32.8 Å². The smallest absolute Gasteiger partial charge is 0.341 e. The summed E-state index contributed by atoms with van der Waals surface area (Å²) < 4.78 is 17.0. The highest BCUT2D eigenvalue weighted by molar-refractivity contribution is 6.38. The van der Waals surface area contributed by atoms with Gasteiger partial charge in [0.05, 0.1) is 27.3 Å². The molecule has 1 aromatic heterocycles. The summed E-state index contributed by atoms with van der Waals surface area (Å²) in [5.41, 5.74) is 11.0. The number of aromatic carboxylic acids is 1. The second-order valence-corrected chi connectivity index (χ2v) is 8.01. The van der Waals surface area contributed by atoms with Gasteiger partial charge in [-0.25, -0.2) is 9.18 Å². The van der Waals surface area contributed by atoms with Crippen LogP contribution in [0, 0.1) is 5.82 Å². The highest BCUT2D eigenvalue weighted by Crippen LogP contribution is 2.44. The van der Waals surface area contributed by atoms with Gasteiger partial charge in [0, 0.05) is 31.4 Å². The van der Waals surface area contributed by atoms with E-state index < -0.39 is 22.8 Å². The second-order valence-electron chi connectivity index (χ2n) is 7.63. The van der Waals surface area contributed by atoms with Crippen LogP contribution in [0.2, 0.25) is 5.02 Å². The van der Waals surface area contributed by atoms with Gasteiger partial charge in [-0.15, -0.1) is 0 Å². The quantitative estimate of drug-likeness (QED) is 0.673. The third kappa shape index (κ3) is 3.00. The molecule has 1 saturated heterocycles. The van der Waals surface area contributed by atoms with Gasteiger partial charge in [0.15, 0.2) is 5.82 Å². The molecule has 0 unspecified atom stereocenters. The standard InChI is InChI=1S/C19H22ClFN4O3/c20-13-16-12(18(26)11(19(27)28)8-25(16)10-4-5-10)15(23)14(21)17(13)24-6-2-1-3-9(22)7-24/h8-10H,1-7,22-23H2,(H,27,28)/t9-/m0/s1. The van der Waals surface area contributed by atoms with E-state index in [2.05, 4.69) is 0 Å². The topological polar surface area (TPSA) is 115 Å². The Morgan fingerprint density at radius 3 is 2.64 bits per heavy atom. The SMILES string of the molecule is Nc1c(F)c(N2CCCC[C@H](N)C2)c(Cl)c2c1c(=O)c(C(=O)O)cn2C1CC1. The van der Waals surface area contributed by atoms with E-state index in [4.69, 9.17) is 23.1 Å². The Hall–Kier alpha value is -2.32. The highest BCUT2D eigenvalue weighted by atomic mass is 35.5. The van der Waals surface area contributed by atoms with Crippen molar-refractivity contribution in [3.63, 3.8) is 0 Å². The van der Waals surface area contributed by atoms with Crippen molar-refractivity contribution in [2.24, 2.45) is 5.73 Å². The first-order valence-corrected chi connectivity index (χ1v) is 9.78. The summed E-state index contributed by atoms with van der Waals surface area (Å²) in [5, 5.41) is 9.31. The van der Waals surface area contributed by atoms with Crippen LogP contribution in [-0.4, -0.2) is 34.8 Å². The first-order chi connectivity index (χ1) is 13.3. The molecule has 28 heavy (non-hydrogen) atoms. The molecule has 1 saturated carbocycles. The minimum atomic E-state index is -1.38. The van der Waals surface area contributed by atoms with Crippen LogP contribution in [0.4, 0.5) is 15.8 Å². The fraction of sp³-hybridized carbons (Fsp3) is 0.474. The van der Waals surface area contributed by atoms with E-state index in [9.17, 15) is 14.7 Å². The minimum Gasteiger partial charge on any atom is -0.477 e. The number of carboxylic acids is 1. The predicted molar refractivity (Wildman–Crippen MR) is 107 cm³/mol. The van der Waals surface area contributed by atoms with E-state index in [1.54, 1.807) is 9.47 Å². The number of nitrogens with zero attached hydrogens (tertiary/aromatic N) is 2. The van der Waals surface area contributed by atoms with Crippen LogP contribution >= 0.6 is 11.6 Å². The van der Waals surface area contributed by atoms with Gasteiger partial charge < -0.3 is 26.0 Å². The van der Waals surface area contributed by atoms with Gasteiger partial charge in [-0.05, 0) is 25.7 Å². The molecule has 0 amide bonds. The van der Waals surface area contributed by atoms with Crippen LogP contribution in [0.15, 0.2) is 11.0 Å². The summed E-state index contributed by atoms with van der Waals surface area (Å²) in [5.74, 6) is -2.17. The molecule has 2 aliphatic rings. The van der Waals surface area contributed by atoms with Crippen LogP contribution in [0.1, 0.15) is 48.5 Å². The highest BCUT2D eigenvalue weighted by Gasteiger charge is 2.32. The lowest BCUT2D eigenvalue weighted by atomic mass is 10.1. The number of nitrogen functional groups attached to an aromatic ring is 1. The summed E-state index contributed by atoms with van der Waals surface area (Å²) in [6.07, 6.45) is 5.58. The zero-order chi connectivity index (χ0) is 20.2. The molecule has 1 aliphatic heterocycles. The second kappa shape index (κ2) is 6.93. The van der Waals surface area contributed by atoms with Crippen LogP contribution in [0.25, 0.3) is 10.9 Å². The van der Waals surface area contributed by atoms with Crippen molar-refractivity contribution in [2.45, 2.75) is 44.2 Å². The maximum absolute atomic E-state index is 15.3. The molecule has 1 aliphatic carbocycles. The van der Waals surface area contributed by atoms with E-state index in [0.29, 0.717) is 18.6 Å². The van der Waals surface area contributed by atoms with Gasteiger partial charge in [-0.3, -0.25) is 4.79 Å². The summed E-state index contributed by atoms with van der Waals surface area (Å²) in [6, 6.07) is -0.0994. The fourth-order valence-corrected chi connectivity index (χ4v) is 4.40. The molecule has 2 aromatic rings. The van der Waals surface area contributed by atoms with Crippen molar-refractivity contribution in [1.29, 1.82) is 0 Å². The Labute approximate surface area is 165 Å². The Balaban J connectivity index is 2.04. The molecule has 1 atom stereocenters. The Morgan fingerprint density at radius 1 is 1.29 bits per heavy atom. The monoisotopic (exact) mass is 408 g/mol. The number of hydrogen-bond donors (Lipinski definition) is 3. The molecule has 150 valence electrons. The van der Waals surface area contributed by atoms with Crippen LogP contribution in [0.3, 0.4) is 0 Å².